The molecule has 0 unspecified atom stereocenters. The van der Waals surface area contributed by atoms with Crippen LogP contribution >= 0.6 is 0 Å². The summed E-state index contributed by atoms with van der Waals surface area (Å²) in [5.41, 5.74) is 1.59. The van der Waals surface area contributed by atoms with Crippen LogP contribution < -0.4 is 4.90 Å². The molecule has 6 nitrogen and oxygen atoms in total. The monoisotopic (exact) mass is 465 g/mol. The molecule has 0 N–H and O–H groups in total. The van der Waals surface area contributed by atoms with Crippen molar-refractivity contribution in [2.24, 2.45) is 11.8 Å². The highest BCUT2D eigenvalue weighted by Crippen LogP contribution is 2.57. The minimum Gasteiger partial charge on any atom is -0.349 e. The van der Waals surface area contributed by atoms with Gasteiger partial charge >= 0.3 is 0 Å². The van der Waals surface area contributed by atoms with Gasteiger partial charge in [0.15, 0.2) is 0 Å². The fourth-order valence-electron chi connectivity index (χ4n) is 5.71. The third-order valence-corrected chi connectivity index (χ3v) is 7.53. The molecule has 0 aromatic heterocycles. The largest absolute Gasteiger partial charge is 0.349 e. The van der Waals surface area contributed by atoms with Crippen molar-refractivity contribution >= 4 is 29.1 Å². The summed E-state index contributed by atoms with van der Waals surface area (Å²) >= 11 is 0. The van der Waals surface area contributed by atoms with E-state index < -0.39 is 46.9 Å². The molecule has 1 spiro atoms. The molecule has 174 valence electrons. The SMILES string of the molecule is CCc1ccc([C@@H]2OC3(C(=O)c4ccccc4C3=O)[C@@H]3C(=O)N(c4ccc(C)cc4)C(=O)[C@@H]32)cc1. The Labute approximate surface area is 202 Å². The Hall–Kier alpha value is -3.90. The second-order valence-corrected chi connectivity index (χ2v) is 9.42. The molecular formula is C29H23NO5. The number of nitrogens with zero attached hydrogens (tertiary/aromatic N) is 1. The van der Waals surface area contributed by atoms with Crippen molar-refractivity contribution in [2.75, 3.05) is 4.90 Å². The van der Waals surface area contributed by atoms with Gasteiger partial charge in [0.1, 0.15) is 0 Å². The lowest BCUT2D eigenvalue weighted by atomic mass is 9.77. The van der Waals surface area contributed by atoms with Crippen molar-refractivity contribution < 1.29 is 23.9 Å². The molecule has 2 heterocycles. The number of anilines is 1. The van der Waals surface area contributed by atoms with E-state index >= 15 is 0 Å². The molecule has 0 bridgehead atoms. The smallest absolute Gasteiger partial charge is 0.241 e. The van der Waals surface area contributed by atoms with Crippen molar-refractivity contribution in [1.82, 2.24) is 0 Å². The molecule has 2 fully saturated rings. The topological polar surface area (TPSA) is 80.8 Å². The lowest BCUT2D eigenvalue weighted by molar-refractivity contribution is -0.127. The lowest BCUT2D eigenvalue weighted by Crippen LogP contribution is -2.51. The number of carbonyl (C=O) groups excluding carboxylic acids is 4. The van der Waals surface area contributed by atoms with Crippen molar-refractivity contribution in [1.29, 1.82) is 0 Å². The van der Waals surface area contributed by atoms with Crippen LogP contribution in [0.15, 0.2) is 72.8 Å². The van der Waals surface area contributed by atoms with Gasteiger partial charge in [0, 0.05) is 11.1 Å². The van der Waals surface area contributed by atoms with Crippen LogP contribution in [0.25, 0.3) is 0 Å². The summed E-state index contributed by atoms with van der Waals surface area (Å²) in [6, 6.07) is 21.1. The Bertz CT molecular complexity index is 1370. The number of ketones is 2. The Morgan fingerprint density at radius 3 is 1.97 bits per heavy atom. The van der Waals surface area contributed by atoms with E-state index in [0.29, 0.717) is 11.3 Å². The fraction of sp³-hybridized carbons (Fsp3) is 0.241. The highest BCUT2D eigenvalue weighted by Gasteiger charge is 2.74. The summed E-state index contributed by atoms with van der Waals surface area (Å²) in [7, 11) is 0. The molecule has 3 aromatic rings. The zero-order valence-corrected chi connectivity index (χ0v) is 19.4. The first-order valence-corrected chi connectivity index (χ1v) is 11.8. The molecule has 35 heavy (non-hydrogen) atoms. The zero-order valence-electron chi connectivity index (χ0n) is 19.4. The van der Waals surface area contributed by atoms with Crippen LogP contribution in [0.5, 0.6) is 0 Å². The van der Waals surface area contributed by atoms with E-state index in [-0.39, 0.29) is 11.1 Å². The van der Waals surface area contributed by atoms with E-state index in [1.807, 2.05) is 50.2 Å². The third-order valence-electron chi connectivity index (χ3n) is 7.53. The number of carbonyl (C=O) groups is 4. The lowest BCUT2D eigenvalue weighted by Gasteiger charge is -2.27. The molecule has 0 saturated carbocycles. The number of rotatable bonds is 3. The van der Waals surface area contributed by atoms with Gasteiger partial charge in [-0.05, 0) is 36.6 Å². The van der Waals surface area contributed by atoms with Crippen LogP contribution in [-0.4, -0.2) is 29.0 Å². The quantitative estimate of drug-likeness (QED) is 0.427. The number of aryl methyl sites for hydroxylation is 2. The van der Waals surface area contributed by atoms with Crippen molar-refractivity contribution in [3.05, 3.63) is 101 Å². The van der Waals surface area contributed by atoms with Crippen molar-refractivity contribution in [3.63, 3.8) is 0 Å². The Morgan fingerprint density at radius 2 is 1.40 bits per heavy atom. The van der Waals surface area contributed by atoms with Gasteiger partial charge in [-0.3, -0.25) is 19.2 Å². The van der Waals surface area contributed by atoms with Crippen LogP contribution in [0.4, 0.5) is 5.69 Å². The van der Waals surface area contributed by atoms with Gasteiger partial charge in [0.25, 0.3) is 0 Å². The number of Topliss-reactive ketones (excluding diaryl/α,β-unsaturated/α-hetero) is 2. The van der Waals surface area contributed by atoms with Crippen molar-refractivity contribution in [3.8, 4) is 0 Å². The summed E-state index contributed by atoms with van der Waals surface area (Å²) in [6.07, 6.45) is -0.0628. The molecule has 2 saturated heterocycles. The molecule has 0 radical (unpaired) electrons. The normalized spacial score (nSPS) is 24.4. The van der Waals surface area contributed by atoms with Gasteiger partial charge in [-0.15, -0.1) is 0 Å². The van der Waals surface area contributed by atoms with Crippen LogP contribution in [0.1, 0.15) is 50.4 Å². The standard InChI is InChI=1S/C29H23NO5/c1-3-17-10-12-18(13-11-17)24-22-23(28(34)30(27(22)33)19-14-8-16(2)9-15-19)29(35-24)25(31)20-6-4-5-7-21(20)26(29)32/h4-15,22-24H,3H2,1-2H3/t22-,23-,24-/m0/s1. The Morgan fingerprint density at radius 1 is 0.800 bits per heavy atom. The number of fused-ring (bicyclic) bond motifs is 3. The number of benzene rings is 3. The summed E-state index contributed by atoms with van der Waals surface area (Å²) in [5, 5.41) is 0. The number of hydrogen-bond acceptors (Lipinski definition) is 5. The van der Waals surface area contributed by atoms with E-state index in [0.717, 1.165) is 22.4 Å². The third kappa shape index (κ3) is 2.80. The molecule has 2 aliphatic heterocycles. The summed E-state index contributed by atoms with van der Waals surface area (Å²) in [5.74, 6) is -4.36. The predicted octanol–water partition coefficient (Wildman–Crippen LogP) is 4.25. The Balaban J connectivity index is 1.53. The highest BCUT2D eigenvalue weighted by atomic mass is 16.5. The van der Waals surface area contributed by atoms with Crippen LogP contribution in [0.2, 0.25) is 0 Å². The predicted molar refractivity (Wildman–Crippen MR) is 128 cm³/mol. The van der Waals surface area contributed by atoms with E-state index in [9.17, 15) is 19.2 Å². The first kappa shape index (κ1) is 21.6. The van der Waals surface area contributed by atoms with Crippen molar-refractivity contribution in [2.45, 2.75) is 32.0 Å². The molecule has 3 aromatic carbocycles. The first-order valence-electron chi connectivity index (χ1n) is 11.8. The second kappa shape index (κ2) is 7.55. The summed E-state index contributed by atoms with van der Waals surface area (Å²) in [6.45, 7) is 3.95. The molecule has 1 aliphatic carbocycles. The van der Waals surface area contributed by atoms with E-state index in [1.165, 1.54) is 0 Å². The number of amides is 2. The maximum Gasteiger partial charge on any atom is 0.241 e. The van der Waals surface area contributed by atoms with E-state index in [4.69, 9.17) is 4.74 Å². The molecule has 3 aliphatic rings. The molecule has 2 amide bonds. The first-order chi connectivity index (χ1) is 16.9. The summed E-state index contributed by atoms with van der Waals surface area (Å²) < 4.78 is 6.32. The summed E-state index contributed by atoms with van der Waals surface area (Å²) in [4.78, 5) is 56.4. The number of hydrogen-bond donors (Lipinski definition) is 0. The van der Waals surface area contributed by atoms with Gasteiger partial charge < -0.3 is 4.74 Å². The van der Waals surface area contributed by atoms with Crippen LogP contribution in [-0.2, 0) is 20.7 Å². The number of ether oxygens (including phenoxy) is 1. The molecule has 3 atom stereocenters. The van der Waals surface area contributed by atoms with Gasteiger partial charge in [0.2, 0.25) is 29.0 Å². The fourth-order valence-corrected chi connectivity index (χ4v) is 5.71. The van der Waals surface area contributed by atoms with Crippen LogP contribution in [0, 0.1) is 18.8 Å². The highest BCUT2D eigenvalue weighted by molar-refractivity contribution is 6.37. The van der Waals surface area contributed by atoms with Crippen LogP contribution in [0.3, 0.4) is 0 Å². The molecular weight excluding hydrogens is 442 g/mol. The van der Waals surface area contributed by atoms with E-state index in [1.54, 1.807) is 36.4 Å². The second-order valence-electron chi connectivity index (χ2n) is 9.42. The zero-order chi connectivity index (χ0) is 24.5. The maximum atomic E-state index is 13.9. The maximum absolute atomic E-state index is 13.9. The molecule has 6 heteroatoms. The number of imide groups is 1. The average Bonchev–Trinajstić information content (AvgIpc) is 3.45. The Kier molecular flexibility index (Phi) is 4.66. The minimum atomic E-state index is -2.05. The van der Waals surface area contributed by atoms with E-state index in [2.05, 4.69) is 0 Å². The minimum absolute atomic E-state index is 0.229. The molecule has 6 rings (SSSR count). The van der Waals surface area contributed by atoms with Gasteiger partial charge in [-0.25, -0.2) is 4.90 Å². The van der Waals surface area contributed by atoms with Gasteiger partial charge in [-0.2, -0.15) is 0 Å². The average molecular weight is 466 g/mol. The van der Waals surface area contributed by atoms with Gasteiger partial charge in [-0.1, -0.05) is 73.2 Å². The van der Waals surface area contributed by atoms with Gasteiger partial charge in [0.05, 0.1) is 23.6 Å².